The second-order valence-electron chi connectivity index (χ2n) is 11.0. The number of benzene rings is 1. The molecule has 40 heavy (non-hydrogen) atoms. The molecule has 3 fully saturated rings. The summed E-state index contributed by atoms with van der Waals surface area (Å²) in [6, 6.07) is 5.15. The van der Waals surface area contributed by atoms with Gasteiger partial charge in [-0.2, -0.15) is 4.98 Å². The lowest BCUT2D eigenvalue weighted by Gasteiger charge is -2.26. The van der Waals surface area contributed by atoms with Crippen molar-refractivity contribution in [3.63, 3.8) is 0 Å². The molecule has 1 aromatic carbocycles. The van der Waals surface area contributed by atoms with E-state index in [1.54, 1.807) is 6.07 Å². The SMILES string of the molecule is O[C@@H]1COC2[C@H](Oc3nc4nc(NC5CCc6cc(OCCN7CCCCC7)cc(F)c65)c(Cl)cc4[nH]3)CO[C@@H]21. The molecule has 3 saturated heterocycles. The Morgan fingerprint density at radius 1 is 1.12 bits per heavy atom. The van der Waals surface area contributed by atoms with E-state index in [0.29, 0.717) is 53.0 Å². The number of nitrogens with one attached hydrogen (secondary N) is 2. The van der Waals surface area contributed by atoms with Crippen molar-refractivity contribution in [1.29, 1.82) is 0 Å². The quantitative estimate of drug-likeness (QED) is 0.372. The van der Waals surface area contributed by atoms with E-state index in [4.69, 9.17) is 30.5 Å². The minimum atomic E-state index is -0.655. The summed E-state index contributed by atoms with van der Waals surface area (Å²) in [5.41, 5.74) is 2.59. The zero-order chi connectivity index (χ0) is 27.2. The molecule has 214 valence electrons. The number of aliphatic hydroxyl groups is 1. The fourth-order valence-corrected chi connectivity index (χ4v) is 6.50. The number of pyridine rings is 1. The molecule has 2 aromatic heterocycles. The molecule has 2 unspecified atom stereocenters. The maximum Gasteiger partial charge on any atom is 0.296 e. The molecular weight excluding hydrogens is 541 g/mol. The predicted octanol–water partition coefficient (Wildman–Crippen LogP) is 3.62. The molecule has 5 atom stereocenters. The van der Waals surface area contributed by atoms with Crippen LogP contribution in [-0.2, 0) is 15.9 Å². The van der Waals surface area contributed by atoms with Crippen LogP contribution in [0.5, 0.6) is 11.8 Å². The summed E-state index contributed by atoms with van der Waals surface area (Å²) in [4.78, 5) is 14.6. The van der Waals surface area contributed by atoms with Gasteiger partial charge in [0, 0.05) is 18.2 Å². The van der Waals surface area contributed by atoms with Crippen LogP contribution in [0.2, 0.25) is 5.02 Å². The van der Waals surface area contributed by atoms with E-state index in [-0.39, 0.29) is 30.6 Å². The Hall–Kier alpha value is -2.70. The summed E-state index contributed by atoms with van der Waals surface area (Å²) in [5.74, 6) is 0.717. The number of piperidine rings is 1. The number of likely N-dealkylation sites (tertiary alicyclic amines) is 1. The van der Waals surface area contributed by atoms with Crippen molar-refractivity contribution < 1.29 is 28.4 Å². The van der Waals surface area contributed by atoms with Crippen LogP contribution in [0.4, 0.5) is 10.2 Å². The fourth-order valence-electron chi connectivity index (χ4n) is 6.30. The van der Waals surface area contributed by atoms with E-state index >= 15 is 4.39 Å². The number of anilines is 1. The number of H-pyrrole nitrogens is 1. The van der Waals surface area contributed by atoms with Gasteiger partial charge in [-0.05, 0) is 56.5 Å². The van der Waals surface area contributed by atoms with Crippen LogP contribution in [0.1, 0.15) is 42.9 Å². The van der Waals surface area contributed by atoms with Crippen molar-refractivity contribution in [3.8, 4) is 11.8 Å². The zero-order valence-electron chi connectivity index (χ0n) is 22.1. The van der Waals surface area contributed by atoms with Gasteiger partial charge >= 0.3 is 0 Å². The molecule has 4 aliphatic rings. The normalized spacial score (nSPS) is 28.1. The Bertz CT molecular complexity index is 1380. The summed E-state index contributed by atoms with van der Waals surface area (Å²) >= 11 is 6.56. The van der Waals surface area contributed by atoms with Crippen molar-refractivity contribution >= 4 is 28.6 Å². The first kappa shape index (κ1) is 26.2. The van der Waals surface area contributed by atoms with Crippen molar-refractivity contribution in [3.05, 3.63) is 40.2 Å². The molecule has 12 heteroatoms. The number of aliphatic hydroxyl groups excluding tert-OH is 1. The summed E-state index contributed by atoms with van der Waals surface area (Å²) in [6.45, 7) is 4.16. The number of rotatable bonds is 8. The molecular formula is C28H33ClFN5O5. The highest BCUT2D eigenvalue weighted by Crippen LogP contribution is 2.39. The number of aromatic nitrogens is 3. The monoisotopic (exact) mass is 573 g/mol. The van der Waals surface area contributed by atoms with Gasteiger partial charge in [0.05, 0.1) is 29.8 Å². The maximum absolute atomic E-state index is 15.3. The Morgan fingerprint density at radius 2 is 1.98 bits per heavy atom. The molecule has 0 bridgehead atoms. The molecule has 7 rings (SSSR count). The van der Waals surface area contributed by atoms with Crippen LogP contribution in [0.3, 0.4) is 0 Å². The van der Waals surface area contributed by atoms with Gasteiger partial charge in [-0.3, -0.25) is 4.90 Å². The number of hydrogen-bond acceptors (Lipinski definition) is 9. The topological polar surface area (TPSA) is 114 Å². The van der Waals surface area contributed by atoms with E-state index in [1.807, 2.05) is 6.07 Å². The third-order valence-electron chi connectivity index (χ3n) is 8.33. The number of aromatic amines is 1. The zero-order valence-corrected chi connectivity index (χ0v) is 22.8. The van der Waals surface area contributed by atoms with Crippen molar-refractivity contribution in [2.45, 2.75) is 62.6 Å². The Balaban J connectivity index is 1.02. The van der Waals surface area contributed by atoms with Crippen molar-refractivity contribution in [2.75, 3.05) is 44.8 Å². The van der Waals surface area contributed by atoms with Gasteiger partial charge in [-0.1, -0.05) is 18.0 Å². The molecule has 3 N–H and O–H groups in total. The van der Waals surface area contributed by atoms with E-state index in [0.717, 1.165) is 31.6 Å². The molecule has 0 saturated carbocycles. The largest absolute Gasteiger partial charge is 0.492 e. The lowest BCUT2D eigenvalue weighted by Crippen LogP contribution is -2.34. The molecule has 10 nitrogen and oxygen atoms in total. The minimum Gasteiger partial charge on any atom is -0.492 e. The van der Waals surface area contributed by atoms with Gasteiger partial charge in [0.2, 0.25) is 0 Å². The summed E-state index contributed by atoms with van der Waals surface area (Å²) in [5, 5.41) is 13.7. The number of imidazole rings is 1. The molecule has 5 heterocycles. The molecule has 0 spiro atoms. The van der Waals surface area contributed by atoms with Gasteiger partial charge in [0.1, 0.15) is 42.3 Å². The lowest BCUT2D eigenvalue weighted by atomic mass is 10.1. The molecule has 0 amide bonds. The lowest BCUT2D eigenvalue weighted by molar-refractivity contribution is 0.00706. The molecule has 3 aromatic rings. The van der Waals surface area contributed by atoms with Gasteiger partial charge in [-0.15, -0.1) is 0 Å². The summed E-state index contributed by atoms with van der Waals surface area (Å²) in [7, 11) is 0. The maximum atomic E-state index is 15.3. The number of nitrogens with zero attached hydrogens (tertiary/aromatic N) is 3. The predicted molar refractivity (Wildman–Crippen MR) is 146 cm³/mol. The third kappa shape index (κ3) is 5.09. The van der Waals surface area contributed by atoms with Crippen LogP contribution >= 0.6 is 11.6 Å². The van der Waals surface area contributed by atoms with Gasteiger partial charge in [0.25, 0.3) is 6.01 Å². The van der Waals surface area contributed by atoms with Crippen LogP contribution in [-0.4, -0.2) is 88.8 Å². The van der Waals surface area contributed by atoms with Crippen LogP contribution in [0.15, 0.2) is 18.2 Å². The fraction of sp³-hybridized carbons (Fsp3) is 0.571. The number of halogens is 2. The van der Waals surface area contributed by atoms with Crippen molar-refractivity contribution in [2.24, 2.45) is 0 Å². The standard InChI is InChI=1S/C28H33ClFN5O5/c29-17-12-20-27(34-28(32-20)40-22-14-39-24-21(36)13-38-25(22)24)33-26(17)31-19-5-4-15-10-16(11-18(30)23(15)19)37-9-8-35-6-2-1-3-7-35/h10-12,19,21-22,24-25,36H,1-9,13-14H2,(H2,31,32,33,34)/t19?,21-,22-,24-,25?/m1/s1. The average Bonchev–Trinajstić information content (AvgIpc) is 3.71. The highest BCUT2D eigenvalue weighted by Gasteiger charge is 2.48. The van der Waals surface area contributed by atoms with Crippen LogP contribution in [0, 0.1) is 5.82 Å². The second kappa shape index (κ2) is 10.9. The van der Waals surface area contributed by atoms with Crippen molar-refractivity contribution in [1.82, 2.24) is 19.9 Å². The first-order chi connectivity index (χ1) is 19.5. The smallest absolute Gasteiger partial charge is 0.296 e. The molecule has 1 aliphatic carbocycles. The van der Waals surface area contributed by atoms with Gasteiger partial charge < -0.3 is 34.4 Å². The summed E-state index contributed by atoms with van der Waals surface area (Å²) < 4.78 is 38.4. The second-order valence-corrected chi connectivity index (χ2v) is 11.4. The molecule has 0 radical (unpaired) electrons. The first-order valence-electron chi connectivity index (χ1n) is 14.1. The van der Waals surface area contributed by atoms with Crippen LogP contribution < -0.4 is 14.8 Å². The average molecular weight is 574 g/mol. The van der Waals surface area contributed by atoms with E-state index in [1.165, 1.54) is 25.3 Å². The third-order valence-corrected chi connectivity index (χ3v) is 8.61. The van der Waals surface area contributed by atoms with Gasteiger partial charge in [0.15, 0.2) is 11.8 Å². The van der Waals surface area contributed by atoms with E-state index in [2.05, 4.69) is 25.2 Å². The Labute approximate surface area is 236 Å². The van der Waals surface area contributed by atoms with E-state index in [9.17, 15) is 5.11 Å². The number of hydrogen-bond donors (Lipinski definition) is 3. The number of fused-ring (bicyclic) bond motifs is 3. The first-order valence-corrected chi connectivity index (χ1v) is 14.5. The van der Waals surface area contributed by atoms with E-state index < -0.39 is 18.3 Å². The Morgan fingerprint density at radius 3 is 2.85 bits per heavy atom. The highest BCUT2D eigenvalue weighted by molar-refractivity contribution is 6.33. The molecule has 3 aliphatic heterocycles. The highest BCUT2D eigenvalue weighted by atomic mass is 35.5. The van der Waals surface area contributed by atoms with Gasteiger partial charge in [-0.25, -0.2) is 9.37 Å². The Kier molecular flexibility index (Phi) is 7.17. The number of ether oxygens (including phenoxy) is 4. The van der Waals surface area contributed by atoms with Crippen LogP contribution in [0.25, 0.3) is 11.2 Å². The number of aryl methyl sites for hydroxylation is 1. The summed E-state index contributed by atoms with van der Waals surface area (Å²) in [6.07, 6.45) is 3.42. The minimum absolute atomic E-state index is 0.222.